The maximum absolute atomic E-state index is 13.5. The molecule has 3 heterocycles. The fourth-order valence-electron chi connectivity index (χ4n) is 2.78. The molecule has 110 valence electrons. The smallest absolute Gasteiger partial charge is 0.141 e. The third-order valence-electron chi connectivity index (χ3n) is 4.11. The van der Waals surface area contributed by atoms with Crippen LogP contribution in [0.5, 0.6) is 0 Å². The molecule has 6 heteroatoms. The van der Waals surface area contributed by atoms with Gasteiger partial charge in [0.1, 0.15) is 17.5 Å². The number of pyridine rings is 1. The van der Waals surface area contributed by atoms with Crippen molar-refractivity contribution < 1.29 is 4.39 Å². The number of rotatable bonds is 4. The van der Waals surface area contributed by atoms with Crippen LogP contribution in [0.4, 0.5) is 10.2 Å². The second-order valence-corrected chi connectivity index (χ2v) is 5.75. The number of imidazole rings is 1. The van der Waals surface area contributed by atoms with Crippen molar-refractivity contribution in [3.63, 3.8) is 0 Å². The summed E-state index contributed by atoms with van der Waals surface area (Å²) in [5.41, 5.74) is 0.932. The van der Waals surface area contributed by atoms with Crippen LogP contribution in [0.2, 0.25) is 0 Å². The Labute approximate surface area is 122 Å². The summed E-state index contributed by atoms with van der Waals surface area (Å²) >= 11 is 0. The van der Waals surface area contributed by atoms with E-state index in [1.165, 1.54) is 19.0 Å². The molecule has 0 radical (unpaired) electrons. The Morgan fingerprint density at radius 1 is 1.29 bits per heavy atom. The summed E-state index contributed by atoms with van der Waals surface area (Å²) in [4.78, 5) is 10.9. The minimum atomic E-state index is -0.273. The summed E-state index contributed by atoms with van der Waals surface area (Å²) < 4.78 is 15.7. The largest absolute Gasteiger partial charge is 0.347 e. The molecule has 0 amide bonds. The zero-order valence-corrected chi connectivity index (χ0v) is 11.8. The monoisotopic (exact) mass is 287 g/mol. The van der Waals surface area contributed by atoms with Crippen molar-refractivity contribution in [3.05, 3.63) is 41.9 Å². The molecule has 5 nitrogen and oxygen atoms in total. The van der Waals surface area contributed by atoms with E-state index in [0.717, 1.165) is 36.8 Å². The second kappa shape index (κ2) is 5.11. The highest BCUT2D eigenvalue weighted by atomic mass is 19.1. The van der Waals surface area contributed by atoms with Gasteiger partial charge in [-0.3, -0.25) is 0 Å². The van der Waals surface area contributed by atoms with E-state index >= 15 is 0 Å². The molecule has 21 heavy (non-hydrogen) atoms. The minimum absolute atomic E-state index is 0.273. The van der Waals surface area contributed by atoms with Crippen LogP contribution >= 0.6 is 0 Å². The normalized spacial score (nSPS) is 17.9. The van der Waals surface area contributed by atoms with E-state index in [4.69, 9.17) is 0 Å². The maximum Gasteiger partial charge on any atom is 0.141 e. The van der Waals surface area contributed by atoms with Crippen LogP contribution in [0.1, 0.15) is 24.2 Å². The molecule has 0 unspecified atom stereocenters. The van der Waals surface area contributed by atoms with Gasteiger partial charge in [0.15, 0.2) is 0 Å². The number of halogens is 1. The number of hydrogen-bond acceptors (Lipinski definition) is 4. The van der Waals surface area contributed by atoms with Gasteiger partial charge in [0.25, 0.3) is 0 Å². The van der Waals surface area contributed by atoms with E-state index in [1.807, 2.05) is 12.4 Å². The Kier molecular flexibility index (Phi) is 3.11. The van der Waals surface area contributed by atoms with E-state index < -0.39 is 0 Å². The number of nitrogens with one attached hydrogen (secondary N) is 1. The summed E-state index contributed by atoms with van der Waals surface area (Å²) in [6.45, 7) is 3.17. The van der Waals surface area contributed by atoms with Gasteiger partial charge in [-0.1, -0.05) is 0 Å². The van der Waals surface area contributed by atoms with Gasteiger partial charge in [-0.15, -0.1) is 0 Å². The first-order chi connectivity index (χ1) is 10.3. The Bertz CT molecular complexity index is 649. The predicted molar refractivity (Wildman–Crippen MR) is 77.3 cm³/mol. The molecule has 0 saturated heterocycles. The number of hydrogen-bond donors (Lipinski definition) is 1. The molecule has 1 fully saturated rings. The molecule has 4 rings (SSSR count). The molecule has 1 aliphatic carbocycles. The van der Waals surface area contributed by atoms with Crippen molar-refractivity contribution >= 4 is 5.82 Å². The van der Waals surface area contributed by atoms with Gasteiger partial charge < -0.3 is 14.8 Å². The van der Waals surface area contributed by atoms with Crippen molar-refractivity contribution in [2.24, 2.45) is 0 Å². The molecule has 1 saturated carbocycles. The average Bonchev–Trinajstić information content (AvgIpc) is 3.20. The van der Waals surface area contributed by atoms with E-state index in [1.54, 1.807) is 6.07 Å². The fourth-order valence-corrected chi connectivity index (χ4v) is 2.78. The molecule has 0 aromatic carbocycles. The summed E-state index contributed by atoms with van der Waals surface area (Å²) in [7, 11) is 0. The SMILES string of the molecule is Fc1cnc(N2CCn3ccnc3C2)c(CNC2CC2)c1. The molecule has 2 aromatic heterocycles. The lowest BCUT2D eigenvalue weighted by Crippen LogP contribution is -2.35. The Morgan fingerprint density at radius 3 is 3.05 bits per heavy atom. The van der Waals surface area contributed by atoms with Gasteiger partial charge in [0, 0.05) is 43.6 Å². The highest BCUT2D eigenvalue weighted by Crippen LogP contribution is 2.25. The molecular weight excluding hydrogens is 269 g/mol. The summed E-state index contributed by atoms with van der Waals surface area (Å²) in [5.74, 6) is 1.64. The van der Waals surface area contributed by atoms with Crippen LogP contribution < -0.4 is 10.2 Å². The van der Waals surface area contributed by atoms with Crippen molar-refractivity contribution in [3.8, 4) is 0 Å². The van der Waals surface area contributed by atoms with Crippen molar-refractivity contribution in [1.82, 2.24) is 19.9 Å². The van der Waals surface area contributed by atoms with Gasteiger partial charge in [-0.25, -0.2) is 14.4 Å². The van der Waals surface area contributed by atoms with Crippen LogP contribution in [-0.2, 0) is 19.6 Å². The molecule has 2 aromatic rings. The lowest BCUT2D eigenvalue weighted by molar-refractivity contribution is 0.549. The average molecular weight is 287 g/mol. The van der Waals surface area contributed by atoms with E-state index in [-0.39, 0.29) is 5.82 Å². The van der Waals surface area contributed by atoms with E-state index in [9.17, 15) is 4.39 Å². The lowest BCUT2D eigenvalue weighted by Gasteiger charge is -2.30. The van der Waals surface area contributed by atoms with Crippen LogP contribution in [0.15, 0.2) is 24.7 Å². The molecule has 1 N–H and O–H groups in total. The van der Waals surface area contributed by atoms with Gasteiger partial charge in [-0.05, 0) is 18.9 Å². The summed E-state index contributed by atoms with van der Waals surface area (Å²) in [6, 6.07) is 2.19. The Morgan fingerprint density at radius 2 is 2.19 bits per heavy atom. The number of anilines is 1. The van der Waals surface area contributed by atoms with Gasteiger partial charge in [-0.2, -0.15) is 0 Å². The van der Waals surface area contributed by atoms with E-state index in [0.29, 0.717) is 12.6 Å². The number of aromatic nitrogens is 3. The molecule has 1 aliphatic heterocycles. The fraction of sp³-hybridized carbons (Fsp3) is 0.467. The minimum Gasteiger partial charge on any atom is -0.347 e. The van der Waals surface area contributed by atoms with Crippen molar-refractivity contribution in [2.75, 3.05) is 11.4 Å². The molecular formula is C15H18FN5. The van der Waals surface area contributed by atoms with Crippen LogP contribution in [-0.4, -0.2) is 27.1 Å². The molecule has 0 bridgehead atoms. The lowest BCUT2D eigenvalue weighted by atomic mass is 10.2. The van der Waals surface area contributed by atoms with Crippen LogP contribution in [0.25, 0.3) is 0 Å². The molecule has 0 spiro atoms. The molecule has 2 aliphatic rings. The van der Waals surface area contributed by atoms with Crippen molar-refractivity contribution in [2.45, 2.75) is 38.5 Å². The van der Waals surface area contributed by atoms with Gasteiger partial charge >= 0.3 is 0 Å². The molecule has 0 atom stereocenters. The van der Waals surface area contributed by atoms with Gasteiger partial charge in [0.05, 0.1) is 12.7 Å². The highest BCUT2D eigenvalue weighted by Gasteiger charge is 2.23. The Hall–Kier alpha value is -1.95. The quantitative estimate of drug-likeness (QED) is 0.929. The third-order valence-corrected chi connectivity index (χ3v) is 4.11. The highest BCUT2D eigenvalue weighted by molar-refractivity contribution is 5.47. The zero-order chi connectivity index (χ0) is 14.2. The summed E-state index contributed by atoms with van der Waals surface area (Å²) in [6.07, 6.45) is 7.57. The first-order valence-electron chi connectivity index (χ1n) is 7.42. The third kappa shape index (κ3) is 2.63. The standard InChI is InChI=1S/C15H18FN5/c16-12-7-11(8-18-13-1-2-13)15(19-9-12)21-6-5-20-4-3-17-14(20)10-21/h3-4,7,9,13,18H,1-2,5-6,8,10H2. The van der Waals surface area contributed by atoms with E-state index in [2.05, 4.69) is 24.8 Å². The Balaban J connectivity index is 1.58. The number of fused-ring (bicyclic) bond motifs is 1. The summed E-state index contributed by atoms with van der Waals surface area (Å²) in [5, 5.41) is 3.44. The first-order valence-corrected chi connectivity index (χ1v) is 7.42. The predicted octanol–water partition coefficient (Wildman–Crippen LogP) is 1.69. The van der Waals surface area contributed by atoms with Crippen molar-refractivity contribution in [1.29, 1.82) is 0 Å². The maximum atomic E-state index is 13.5. The number of nitrogens with zero attached hydrogens (tertiary/aromatic N) is 4. The van der Waals surface area contributed by atoms with Gasteiger partial charge in [0.2, 0.25) is 0 Å². The van der Waals surface area contributed by atoms with Crippen LogP contribution in [0, 0.1) is 5.82 Å². The van der Waals surface area contributed by atoms with Crippen LogP contribution in [0.3, 0.4) is 0 Å². The second-order valence-electron chi connectivity index (χ2n) is 5.75. The zero-order valence-electron chi connectivity index (χ0n) is 11.8. The first kappa shape index (κ1) is 12.8. The topological polar surface area (TPSA) is 46.0 Å².